The van der Waals surface area contributed by atoms with Gasteiger partial charge in [-0.3, -0.25) is 28.8 Å². The number of carbonyl (C=O) groups is 7. The molecule has 0 aliphatic heterocycles. The molecule has 55 heavy (non-hydrogen) atoms. The molecule has 5 amide bonds. The van der Waals surface area contributed by atoms with Crippen LogP contribution in [0.25, 0.3) is 0 Å². The maximum atomic E-state index is 12.2. The molecule has 0 aromatic carbocycles. The van der Waals surface area contributed by atoms with Crippen molar-refractivity contribution in [3.8, 4) is 0 Å². The molecule has 0 rings (SSSR count). The van der Waals surface area contributed by atoms with Crippen molar-refractivity contribution in [3.63, 3.8) is 0 Å². The number of rotatable bonds is 39. The molecule has 0 aliphatic carbocycles. The van der Waals surface area contributed by atoms with Crippen LogP contribution in [0.2, 0.25) is 0 Å². The minimum Gasteiger partial charge on any atom is -0.481 e. The fraction of sp³-hybridized carbons (Fsp3) is 0.784. The van der Waals surface area contributed by atoms with Crippen molar-refractivity contribution in [2.24, 2.45) is 0 Å². The second-order valence-corrected chi connectivity index (χ2v) is 12.9. The lowest BCUT2D eigenvalue weighted by atomic mass is 10.0. The first kappa shape index (κ1) is 51.1. The Balaban J connectivity index is 3.65. The highest BCUT2D eigenvalue weighted by Crippen LogP contribution is 2.12. The molecule has 18 heteroatoms. The zero-order chi connectivity index (χ0) is 40.8. The van der Waals surface area contributed by atoms with E-state index in [4.69, 9.17) is 24.1 Å². The van der Waals surface area contributed by atoms with Crippen LogP contribution in [0.5, 0.6) is 0 Å². The number of nitrogens with one attached hydrogen (secondary N) is 5. The summed E-state index contributed by atoms with van der Waals surface area (Å²) < 4.78 is 21.2. The predicted octanol–water partition coefficient (Wildman–Crippen LogP) is 1.25. The molecule has 0 saturated heterocycles. The highest BCUT2D eigenvalue weighted by Gasteiger charge is 2.20. The number of unbranched alkanes of at least 4 members (excludes halogenated alkanes) is 10. The average molecular weight is 789 g/mol. The van der Waals surface area contributed by atoms with Gasteiger partial charge in [0.05, 0.1) is 39.6 Å². The van der Waals surface area contributed by atoms with Gasteiger partial charge < -0.3 is 55.7 Å². The Labute approximate surface area is 325 Å². The van der Waals surface area contributed by atoms with Crippen LogP contribution in [0.1, 0.15) is 103 Å². The number of ether oxygens (including phenoxy) is 4. The summed E-state index contributed by atoms with van der Waals surface area (Å²) in [4.78, 5) is 80.7. The maximum Gasteiger partial charge on any atom is 0.326 e. The van der Waals surface area contributed by atoms with Crippen molar-refractivity contribution < 1.29 is 62.7 Å². The number of carbonyl (C=O) groups excluding carboxylic acids is 5. The van der Waals surface area contributed by atoms with Gasteiger partial charge >= 0.3 is 11.9 Å². The molecule has 0 saturated carbocycles. The molecule has 18 nitrogen and oxygen atoms in total. The predicted molar refractivity (Wildman–Crippen MR) is 202 cm³/mol. The van der Waals surface area contributed by atoms with Gasteiger partial charge in [0.15, 0.2) is 0 Å². The minimum atomic E-state index is -1.20. The van der Waals surface area contributed by atoms with Gasteiger partial charge in [0.2, 0.25) is 29.5 Å². The molecule has 0 unspecified atom stereocenters. The number of carboxylic acids is 2. The molecule has 317 valence electrons. The lowest BCUT2D eigenvalue weighted by molar-refractivity contribution is -0.142. The SMILES string of the molecule is [CH2]C(=O)NCCCCNC(=O)COCCOCCNC(=O)COCCOCCNC(=O)CC[C@H](NC(=O)CCCCCCCCCCCCC(=O)O)C(=O)O. The Morgan fingerprint density at radius 1 is 0.455 bits per heavy atom. The first-order chi connectivity index (χ1) is 26.5. The van der Waals surface area contributed by atoms with Crippen molar-refractivity contribution >= 4 is 41.5 Å². The van der Waals surface area contributed by atoms with Gasteiger partial charge in [0.1, 0.15) is 19.3 Å². The molecule has 0 fully saturated rings. The van der Waals surface area contributed by atoms with E-state index in [2.05, 4.69) is 33.5 Å². The van der Waals surface area contributed by atoms with Crippen LogP contribution in [0.15, 0.2) is 0 Å². The van der Waals surface area contributed by atoms with Crippen molar-refractivity contribution in [2.45, 2.75) is 109 Å². The number of hydrogen-bond donors (Lipinski definition) is 7. The molecule has 0 aromatic heterocycles. The summed E-state index contributed by atoms with van der Waals surface area (Å²) >= 11 is 0. The van der Waals surface area contributed by atoms with Gasteiger partial charge in [-0.2, -0.15) is 0 Å². The van der Waals surface area contributed by atoms with Crippen LogP contribution >= 0.6 is 0 Å². The number of amides is 5. The topological polar surface area (TPSA) is 257 Å². The number of carboxylic acid groups (broad SMARTS) is 2. The second kappa shape index (κ2) is 37.1. The third-order valence-electron chi connectivity index (χ3n) is 7.93. The molecule has 0 bridgehead atoms. The largest absolute Gasteiger partial charge is 0.481 e. The highest BCUT2D eigenvalue weighted by molar-refractivity contribution is 5.84. The first-order valence-corrected chi connectivity index (χ1v) is 19.5. The molecule has 1 atom stereocenters. The zero-order valence-electron chi connectivity index (χ0n) is 32.5. The number of hydrogen-bond acceptors (Lipinski definition) is 11. The van der Waals surface area contributed by atoms with Crippen LogP contribution < -0.4 is 26.6 Å². The molecule has 1 radical (unpaired) electrons. The van der Waals surface area contributed by atoms with E-state index < -0.39 is 18.0 Å². The van der Waals surface area contributed by atoms with Gasteiger partial charge in [0.25, 0.3) is 0 Å². The van der Waals surface area contributed by atoms with E-state index >= 15 is 0 Å². The van der Waals surface area contributed by atoms with E-state index in [1.165, 1.54) is 0 Å². The normalized spacial score (nSPS) is 11.4. The standard InChI is InChI=1S/C37H66N5O13/c1-30(43)38-18-12-13-19-39-34(46)28-54-26-25-53-23-21-41-35(47)29-55-27-24-52-22-20-40-32(44)17-16-31(37(50)51)42-33(45)14-10-8-6-4-2-3-5-7-9-11-15-36(48)49/h31H,1-29H2,(H,38,43)(H,39,46)(H,40,44)(H,41,47)(H,42,45)(H,48,49)(H,50,51)/t31-/m0/s1. The molecular formula is C37H66N5O13. The second-order valence-electron chi connectivity index (χ2n) is 12.9. The monoisotopic (exact) mass is 788 g/mol. The number of aliphatic carboxylic acids is 2. The molecular weight excluding hydrogens is 722 g/mol. The van der Waals surface area contributed by atoms with Gasteiger partial charge in [-0.25, -0.2) is 4.79 Å². The summed E-state index contributed by atoms with van der Waals surface area (Å²) in [5, 5.41) is 31.2. The quantitative estimate of drug-likeness (QED) is 0.0434. The lowest BCUT2D eigenvalue weighted by Gasteiger charge is -2.14. The summed E-state index contributed by atoms with van der Waals surface area (Å²) in [6.07, 6.45) is 11.4. The Morgan fingerprint density at radius 2 is 0.891 bits per heavy atom. The zero-order valence-corrected chi connectivity index (χ0v) is 32.5. The van der Waals surface area contributed by atoms with E-state index in [0.29, 0.717) is 19.5 Å². The maximum absolute atomic E-state index is 12.2. The molecule has 0 aliphatic rings. The van der Waals surface area contributed by atoms with E-state index in [9.17, 15) is 38.7 Å². The van der Waals surface area contributed by atoms with Gasteiger partial charge in [-0.05, 0) is 32.1 Å². The van der Waals surface area contributed by atoms with Crippen molar-refractivity contribution in [3.05, 3.63) is 6.92 Å². The molecule has 0 spiro atoms. The third kappa shape index (κ3) is 38.2. The fourth-order valence-electron chi connectivity index (χ4n) is 4.97. The summed E-state index contributed by atoms with van der Waals surface area (Å²) in [6, 6.07) is -1.15. The van der Waals surface area contributed by atoms with Crippen LogP contribution in [0, 0.1) is 6.92 Å². The van der Waals surface area contributed by atoms with Crippen molar-refractivity contribution in [1.29, 1.82) is 0 Å². The van der Waals surface area contributed by atoms with Crippen molar-refractivity contribution in [2.75, 3.05) is 79.0 Å². The van der Waals surface area contributed by atoms with E-state index in [1.54, 1.807) is 0 Å². The van der Waals surface area contributed by atoms with Crippen molar-refractivity contribution in [1.82, 2.24) is 26.6 Å². The van der Waals surface area contributed by atoms with Gasteiger partial charge in [-0.15, -0.1) is 0 Å². The van der Waals surface area contributed by atoms with Crippen LogP contribution in [0.4, 0.5) is 0 Å². The van der Waals surface area contributed by atoms with Gasteiger partial charge in [0, 0.05) is 52.4 Å². The van der Waals surface area contributed by atoms with E-state index in [-0.39, 0.29) is 121 Å². The van der Waals surface area contributed by atoms with Crippen LogP contribution in [0.3, 0.4) is 0 Å². The Kier molecular flexibility index (Phi) is 34.5. The van der Waals surface area contributed by atoms with Crippen LogP contribution in [-0.4, -0.2) is 137 Å². The average Bonchev–Trinajstić information content (AvgIpc) is 3.13. The van der Waals surface area contributed by atoms with E-state index in [1.807, 2.05) is 0 Å². The molecule has 0 heterocycles. The summed E-state index contributed by atoms with van der Waals surface area (Å²) in [7, 11) is 0. The summed E-state index contributed by atoms with van der Waals surface area (Å²) in [5.41, 5.74) is 0. The smallest absolute Gasteiger partial charge is 0.326 e. The summed E-state index contributed by atoms with van der Waals surface area (Å²) in [6.45, 7) is 5.73. The van der Waals surface area contributed by atoms with Crippen LogP contribution in [-0.2, 0) is 52.5 Å². The molecule has 0 aromatic rings. The fourth-order valence-corrected chi connectivity index (χ4v) is 4.97. The lowest BCUT2D eigenvalue weighted by Crippen LogP contribution is -2.41. The third-order valence-corrected chi connectivity index (χ3v) is 7.93. The van der Waals surface area contributed by atoms with Gasteiger partial charge in [-0.1, -0.05) is 51.4 Å². The highest BCUT2D eigenvalue weighted by atomic mass is 16.5. The Morgan fingerprint density at radius 3 is 1.38 bits per heavy atom. The Bertz CT molecular complexity index is 1080. The van der Waals surface area contributed by atoms with E-state index in [0.717, 1.165) is 70.6 Å². The Hall–Kier alpha value is -3.87. The first-order valence-electron chi connectivity index (χ1n) is 19.5. The summed E-state index contributed by atoms with van der Waals surface area (Å²) in [5.74, 6) is -3.55. The minimum absolute atomic E-state index is 0.0371. The molecule has 7 N–H and O–H groups in total.